The van der Waals surface area contributed by atoms with Gasteiger partial charge in [0.15, 0.2) is 6.10 Å². The summed E-state index contributed by atoms with van der Waals surface area (Å²) in [5.74, 6) is -0.837. The summed E-state index contributed by atoms with van der Waals surface area (Å²) in [6, 6.07) is 0. The Morgan fingerprint density at radius 1 is 0.253 bits per heavy atom. The number of allylic oxidation sites excluding steroid dienone is 6. The van der Waals surface area contributed by atoms with Crippen LogP contribution in [0.15, 0.2) is 36.5 Å². The lowest BCUT2D eigenvalue weighted by molar-refractivity contribution is -0.167. The van der Waals surface area contributed by atoms with Gasteiger partial charge >= 0.3 is 17.9 Å². The molecule has 0 amide bonds. The largest absolute Gasteiger partial charge is 0.462 e. The van der Waals surface area contributed by atoms with Gasteiger partial charge < -0.3 is 14.2 Å². The number of carbonyl (C=O) groups excluding carboxylic acids is 3. The molecular weight excluding hydrogens is 973 g/mol. The van der Waals surface area contributed by atoms with Crippen molar-refractivity contribution in [3.63, 3.8) is 0 Å². The van der Waals surface area contributed by atoms with Gasteiger partial charge in [0, 0.05) is 19.3 Å². The molecule has 0 aromatic heterocycles. The van der Waals surface area contributed by atoms with Crippen molar-refractivity contribution in [2.75, 3.05) is 13.2 Å². The summed E-state index contributed by atoms with van der Waals surface area (Å²) in [6.45, 7) is 6.70. The van der Waals surface area contributed by atoms with Gasteiger partial charge in [0.1, 0.15) is 13.2 Å². The highest BCUT2D eigenvalue weighted by atomic mass is 16.6. The highest BCUT2D eigenvalue weighted by Crippen LogP contribution is 2.19. The van der Waals surface area contributed by atoms with Gasteiger partial charge in [0.25, 0.3) is 0 Å². The number of hydrogen-bond acceptors (Lipinski definition) is 6. The zero-order valence-electron chi connectivity index (χ0n) is 53.4. The van der Waals surface area contributed by atoms with Gasteiger partial charge in [0.05, 0.1) is 0 Å². The third-order valence-electron chi connectivity index (χ3n) is 16.1. The molecule has 0 aliphatic heterocycles. The van der Waals surface area contributed by atoms with Crippen LogP contribution in [0.4, 0.5) is 0 Å². The number of unbranched alkanes of at least 4 members (excludes halogenated alkanes) is 49. The Morgan fingerprint density at radius 3 is 0.709 bits per heavy atom. The molecule has 464 valence electrons. The minimum atomic E-state index is -0.768. The van der Waals surface area contributed by atoms with Crippen molar-refractivity contribution in [1.82, 2.24) is 0 Å². The average Bonchev–Trinajstić information content (AvgIpc) is 3.45. The number of carbonyl (C=O) groups is 3. The normalized spacial score (nSPS) is 12.2. The molecule has 0 aliphatic carbocycles. The van der Waals surface area contributed by atoms with Crippen LogP contribution >= 0.6 is 0 Å². The Bertz CT molecular complexity index is 1320. The zero-order valence-corrected chi connectivity index (χ0v) is 53.4. The van der Waals surface area contributed by atoms with Crippen LogP contribution in [0.2, 0.25) is 0 Å². The molecule has 0 saturated heterocycles. The molecule has 0 heterocycles. The average molecular weight is 1110 g/mol. The minimum absolute atomic E-state index is 0.0655. The monoisotopic (exact) mass is 1110 g/mol. The summed E-state index contributed by atoms with van der Waals surface area (Å²) in [7, 11) is 0. The lowest BCUT2D eigenvalue weighted by atomic mass is 10.0. The van der Waals surface area contributed by atoms with Gasteiger partial charge in [-0.2, -0.15) is 0 Å². The first-order chi connectivity index (χ1) is 39.0. The van der Waals surface area contributed by atoms with Gasteiger partial charge in [-0.1, -0.05) is 353 Å². The second-order valence-corrected chi connectivity index (χ2v) is 24.2. The molecule has 6 nitrogen and oxygen atoms in total. The van der Waals surface area contributed by atoms with Crippen molar-refractivity contribution < 1.29 is 28.6 Å². The molecule has 0 saturated carbocycles. The fourth-order valence-corrected chi connectivity index (χ4v) is 10.8. The molecule has 0 aromatic rings. The molecule has 0 aliphatic rings. The van der Waals surface area contributed by atoms with Crippen molar-refractivity contribution in [3.05, 3.63) is 36.5 Å². The number of hydrogen-bond donors (Lipinski definition) is 0. The standard InChI is InChI=1S/C73H136O6/c1-4-7-10-13-16-19-22-24-26-28-30-32-33-34-35-36-37-38-39-41-42-44-46-48-51-54-57-60-63-66-72(75)78-69-70(68-77-71(74)65-62-59-56-53-50-21-18-15-12-9-6-3)79-73(76)67-64-61-58-55-52-49-47-45-43-40-31-29-27-25-23-20-17-14-11-8-5-2/h22,24,28,30,33-34,70H,4-21,23,25-27,29,31-32,35-69H2,1-3H3/b24-22-,30-28-,34-33-. The van der Waals surface area contributed by atoms with Crippen LogP contribution in [0.3, 0.4) is 0 Å². The first-order valence-corrected chi connectivity index (χ1v) is 35.5. The summed E-state index contributed by atoms with van der Waals surface area (Å²) in [5, 5.41) is 0. The van der Waals surface area contributed by atoms with Crippen LogP contribution in [-0.2, 0) is 28.6 Å². The van der Waals surface area contributed by atoms with E-state index in [9.17, 15) is 14.4 Å². The summed E-state index contributed by atoms with van der Waals surface area (Å²) >= 11 is 0. The maximum atomic E-state index is 12.9. The summed E-state index contributed by atoms with van der Waals surface area (Å²) in [4.78, 5) is 38.4. The number of rotatable bonds is 66. The lowest BCUT2D eigenvalue weighted by Crippen LogP contribution is -2.30. The molecule has 79 heavy (non-hydrogen) atoms. The summed E-state index contributed by atoms with van der Waals surface area (Å²) in [5.41, 5.74) is 0. The highest BCUT2D eigenvalue weighted by molar-refractivity contribution is 5.71. The molecule has 1 atom stereocenters. The van der Waals surface area contributed by atoms with E-state index in [-0.39, 0.29) is 31.1 Å². The van der Waals surface area contributed by atoms with Crippen molar-refractivity contribution in [2.45, 2.75) is 399 Å². The Morgan fingerprint density at radius 2 is 0.456 bits per heavy atom. The maximum Gasteiger partial charge on any atom is 0.306 e. The third-order valence-corrected chi connectivity index (χ3v) is 16.1. The zero-order chi connectivity index (χ0) is 57.1. The van der Waals surface area contributed by atoms with Crippen LogP contribution in [0.5, 0.6) is 0 Å². The lowest BCUT2D eigenvalue weighted by Gasteiger charge is -2.18. The fraction of sp³-hybridized carbons (Fsp3) is 0.877. The second-order valence-electron chi connectivity index (χ2n) is 24.2. The van der Waals surface area contributed by atoms with E-state index in [2.05, 4.69) is 57.2 Å². The highest BCUT2D eigenvalue weighted by Gasteiger charge is 2.19. The van der Waals surface area contributed by atoms with E-state index < -0.39 is 6.10 Å². The van der Waals surface area contributed by atoms with Crippen molar-refractivity contribution in [3.8, 4) is 0 Å². The van der Waals surface area contributed by atoms with Crippen LogP contribution < -0.4 is 0 Å². The maximum absolute atomic E-state index is 12.9. The van der Waals surface area contributed by atoms with E-state index in [0.29, 0.717) is 19.3 Å². The van der Waals surface area contributed by atoms with Crippen LogP contribution in [0, 0.1) is 0 Å². The summed E-state index contributed by atoms with van der Waals surface area (Å²) < 4.78 is 17.0. The molecule has 0 fully saturated rings. The predicted molar refractivity (Wildman–Crippen MR) is 344 cm³/mol. The van der Waals surface area contributed by atoms with Crippen molar-refractivity contribution >= 4 is 17.9 Å². The smallest absolute Gasteiger partial charge is 0.306 e. The molecule has 1 unspecified atom stereocenters. The Labute approximate surface area is 493 Å². The van der Waals surface area contributed by atoms with E-state index in [4.69, 9.17) is 14.2 Å². The van der Waals surface area contributed by atoms with Crippen molar-refractivity contribution in [2.24, 2.45) is 0 Å². The third kappa shape index (κ3) is 66.3. The van der Waals surface area contributed by atoms with Crippen LogP contribution in [0.1, 0.15) is 393 Å². The van der Waals surface area contributed by atoms with E-state index in [1.807, 2.05) is 0 Å². The molecule has 0 aromatic carbocycles. The number of esters is 3. The van der Waals surface area contributed by atoms with Gasteiger partial charge in [-0.15, -0.1) is 0 Å². The molecule has 6 heteroatoms. The Hall–Kier alpha value is -2.37. The van der Waals surface area contributed by atoms with Crippen LogP contribution in [0.25, 0.3) is 0 Å². The Kier molecular flexibility index (Phi) is 66.1. The van der Waals surface area contributed by atoms with E-state index in [0.717, 1.165) is 70.6 Å². The minimum Gasteiger partial charge on any atom is -0.462 e. The predicted octanol–water partition coefficient (Wildman–Crippen LogP) is 24.3. The molecule has 0 bridgehead atoms. The van der Waals surface area contributed by atoms with Gasteiger partial charge in [0.2, 0.25) is 0 Å². The topological polar surface area (TPSA) is 78.9 Å². The Balaban J connectivity index is 4.16. The fourth-order valence-electron chi connectivity index (χ4n) is 10.8. The molecule has 0 spiro atoms. The number of ether oxygens (including phenoxy) is 3. The molecule has 0 N–H and O–H groups in total. The first-order valence-electron chi connectivity index (χ1n) is 35.5. The SMILES string of the molecule is CCCCCCC/C=C\C/C=C\C/C=C\CCCCCCCCCCCCCCCCC(=O)OCC(COC(=O)CCCCCCCCCCCCC)OC(=O)CCCCCCCCCCCCCCCCCCCCCCC. The van der Waals surface area contributed by atoms with Crippen molar-refractivity contribution in [1.29, 1.82) is 0 Å². The quantitative estimate of drug-likeness (QED) is 0.0261. The second kappa shape index (κ2) is 68.1. The molecule has 0 rings (SSSR count). The van der Waals surface area contributed by atoms with Gasteiger partial charge in [-0.05, 0) is 57.8 Å². The van der Waals surface area contributed by atoms with Gasteiger partial charge in [-0.3, -0.25) is 14.4 Å². The van der Waals surface area contributed by atoms with Gasteiger partial charge in [-0.25, -0.2) is 0 Å². The first kappa shape index (κ1) is 76.6. The summed E-state index contributed by atoms with van der Waals surface area (Å²) in [6.07, 6.45) is 84.6. The molecular formula is C73H136O6. The van der Waals surface area contributed by atoms with E-state index in [1.54, 1.807) is 0 Å². The van der Waals surface area contributed by atoms with E-state index >= 15 is 0 Å². The van der Waals surface area contributed by atoms with E-state index in [1.165, 1.54) is 283 Å². The molecule has 0 radical (unpaired) electrons. The van der Waals surface area contributed by atoms with Crippen LogP contribution in [-0.4, -0.2) is 37.2 Å².